The van der Waals surface area contributed by atoms with E-state index in [-0.39, 0.29) is 5.99 Å². The Bertz CT molecular complexity index is 2820. The first-order valence-electron chi connectivity index (χ1n) is 17.8. The van der Waals surface area contributed by atoms with Gasteiger partial charge in [-0.15, -0.1) is 0 Å². The SMILES string of the molecule is c1ccc(-c2cccc(-c3cc4c5c(c3)-c3ccccc3SB5c3cc(-c5cccc(-n6c7ccccc7c7ccccc76)c5)ccc3O4)c2)cc1. The third-order valence-corrected chi connectivity index (χ3v) is 12.0. The molecule has 9 aromatic rings. The van der Waals surface area contributed by atoms with Gasteiger partial charge in [-0.1, -0.05) is 127 Å². The van der Waals surface area contributed by atoms with E-state index in [1.807, 2.05) is 11.6 Å². The molecule has 0 aliphatic carbocycles. The predicted molar refractivity (Wildman–Crippen MR) is 220 cm³/mol. The first-order chi connectivity index (χ1) is 25.8. The number of ether oxygens (including phenoxy) is 1. The minimum absolute atomic E-state index is 0.119. The van der Waals surface area contributed by atoms with Crippen LogP contribution in [0, 0.1) is 0 Å². The summed E-state index contributed by atoms with van der Waals surface area (Å²) in [7, 11) is 0. The zero-order chi connectivity index (χ0) is 34.2. The van der Waals surface area contributed by atoms with Crippen molar-refractivity contribution >= 4 is 50.3 Å². The van der Waals surface area contributed by atoms with Gasteiger partial charge in [0.2, 0.25) is 0 Å². The van der Waals surface area contributed by atoms with E-state index >= 15 is 0 Å². The van der Waals surface area contributed by atoms with E-state index in [2.05, 4.69) is 187 Å². The molecule has 3 heterocycles. The Morgan fingerprint density at radius 2 is 1.06 bits per heavy atom. The fraction of sp³-hybridized carbons (Fsp3) is 0. The monoisotopic (exact) mass is 679 g/mol. The summed E-state index contributed by atoms with van der Waals surface area (Å²) in [6.07, 6.45) is 0. The molecule has 0 saturated carbocycles. The van der Waals surface area contributed by atoms with Crippen LogP contribution in [0.1, 0.15) is 0 Å². The molecule has 0 spiro atoms. The fourth-order valence-corrected chi connectivity index (χ4v) is 9.63. The van der Waals surface area contributed by atoms with Gasteiger partial charge < -0.3 is 9.30 Å². The van der Waals surface area contributed by atoms with Crippen molar-refractivity contribution in [1.82, 2.24) is 4.57 Å². The summed E-state index contributed by atoms with van der Waals surface area (Å²) in [5.74, 6) is 1.99. The molecular formula is C48H30BNOS. The zero-order valence-electron chi connectivity index (χ0n) is 28.2. The molecule has 242 valence electrons. The molecule has 0 atom stereocenters. The van der Waals surface area contributed by atoms with E-state index in [0.29, 0.717) is 0 Å². The maximum atomic E-state index is 6.87. The van der Waals surface area contributed by atoms with Crippen LogP contribution in [0.3, 0.4) is 0 Å². The minimum Gasteiger partial charge on any atom is -0.458 e. The summed E-state index contributed by atoms with van der Waals surface area (Å²) < 4.78 is 9.26. The Hall–Kier alpha value is -6.23. The van der Waals surface area contributed by atoms with E-state index in [0.717, 1.165) is 22.7 Å². The average Bonchev–Trinajstić information content (AvgIpc) is 3.55. The molecule has 1 aromatic heterocycles. The smallest absolute Gasteiger partial charge is 0.289 e. The second-order valence-electron chi connectivity index (χ2n) is 13.7. The topological polar surface area (TPSA) is 14.2 Å². The Morgan fingerprint density at radius 1 is 0.423 bits per heavy atom. The molecular weight excluding hydrogens is 649 g/mol. The lowest BCUT2D eigenvalue weighted by atomic mass is 9.57. The first kappa shape index (κ1) is 29.5. The van der Waals surface area contributed by atoms with Gasteiger partial charge in [0.15, 0.2) is 0 Å². The molecule has 2 aliphatic rings. The largest absolute Gasteiger partial charge is 0.458 e. The third kappa shape index (κ3) is 4.61. The zero-order valence-corrected chi connectivity index (χ0v) is 29.0. The number of rotatable bonds is 4. The lowest BCUT2D eigenvalue weighted by molar-refractivity contribution is 0.488. The third-order valence-electron chi connectivity index (χ3n) is 10.7. The van der Waals surface area contributed by atoms with Crippen molar-refractivity contribution in [3.8, 4) is 61.7 Å². The van der Waals surface area contributed by atoms with Crippen LogP contribution in [-0.4, -0.2) is 10.6 Å². The quantitative estimate of drug-likeness (QED) is 0.172. The molecule has 11 rings (SSSR count). The lowest BCUT2D eigenvalue weighted by Gasteiger charge is -2.33. The molecule has 2 aliphatic heterocycles. The highest BCUT2D eigenvalue weighted by atomic mass is 32.2. The average molecular weight is 680 g/mol. The summed E-state index contributed by atoms with van der Waals surface area (Å²) in [6.45, 7) is 0. The first-order valence-corrected chi connectivity index (χ1v) is 18.7. The molecule has 0 N–H and O–H groups in total. The van der Waals surface area contributed by atoms with Crippen molar-refractivity contribution < 1.29 is 4.74 Å². The van der Waals surface area contributed by atoms with E-state index in [4.69, 9.17) is 4.74 Å². The molecule has 52 heavy (non-hydrogen) atoms. The van der Waals surface area contributed by atoms with Crippen LogP contribution in [0.15, 0.2) is 187 Å². The second-order valence-corrected chi connectivity index (χ2v) is 14.8. The van der Waals surface area contributed by atoms with Crippen molar-refractivity contribution in [1.29, 1.82) is 0 Å². The minimum atomic E-state index is 0.119. The molecule has 4 heteroatoms. The number of para-hydroxylation sites is 2. The van der Waals surface area contributed by atoms with E-state index in [9.17, 15) is 0 Å². The van der Waals surface area contributed by atoms with Gasteiger partial charge >= 0.3 is 0 Å². The van der Waals surface area contributed by atoms with Gasteiger partial charge in [0.25, 0.3) is 5.99 Å². The van der Waals surface area contributed by atoms with Crippen LogP contribution in [0.25, 0.3) is 72.0 Å². The van der Waals surface area contributed by atoms with Crippen molar-refractivity contribution in [2.24, 2.45) is 0 Å². The van der Waals surface area contributed by atoms with E-state index in [1.165, 1.54) is 76.6 Å². The van der Waals surface area contributed by atoms with Gasteiger partial charge in [0, 0.05) is 21.4 Å². The Kier molecular flexibility index (Phi) is 6.62. The Balaban J connectivity index is 1.03. The number of benzene rings is 8. The van der Waals surface area contributed by atoms with Crippen molar-refractivity contribution in [2.75, 3.05) is 0 Å². The highest BCUT2D eigenvalue weighted by Crippen LogP contribution is 2.45. The standard InChI is InChI=1S/C48H30BNOS/c1-2-12-31(13-3-1)32-14-10-15-33(26-32)36-28-41-40-20-6-9-23-47(40)52-49-42-29-35(24-25-45(42)51-46(30-36)48(41)49)34-16-11-17-37(27-34)50-43-21-7-4-18-38(43)39-19-5-8-22-44(39)50/h1-30H. The number of hydrogen-bond acceptors (Lipinski definition) is 2. The van der Waals surface area contributed by atoms with Gasteiger partial charge in [-0.05, 0) is 110 Å². The fourth-order valence-electron chi connectivity index (χ4n) is 8.25. The number of fused-ring (bicyclic) bond motifs is 7. The molecule has 8 aromatic carbocycles. The van der Waals surface area contributed by atoms with Gasteiger partial charge in [0.05, 0.1) is 11.0 Å². The maximum Gasteiger partial charge on any atom is 0.289 e. The lowest BCUT2D eigenvalue weighted by Crippen LogP contribution is -2.46. The summed E-state index contributed by atoms with van der Waals surface area (Å²) in [5.41, 5.74) is 15.7. The van der Waals surface area contributed by atoms with Gasteiger partial charge in [-0.3, -0.25) is 0 Å². The van der Waals surface area contributed by atoms with Crippen LogP contribution in [0.4, 0.5) is 0 Å². The number of nitrogens with zero attached hydrogens (tertiary/aromatic N) is 1. The van der Waals surface area contributed by atoms with Crippen LogP contribution in [0.2, 0.25) is 0 Å². The number of hydrogen-bond donors (Lipinski definition) is 0. The molecule has 0 amide bonds. The summed E-state index contributed by atoms with van der Waals surface area (Å²) in [4.78, 5) is 1.30. The molecule has 2 nitrogen and oxygen atoms in total. The highest BCUT2D eigenvalue weighted by molar-refractivity contribution is 8.28. The van der Waals surface area contributed by atoms with Crippen LogP contribution in [0.5, 0.6) is 11.5 Å². The van der Waals surface area contributed by atoms with Crippen LogP contribution >= 0.6 is 11.6 Å². The van der Waals surface area contributed by atoms with Crippen molar-refractivity contribution in [2.45, 2.75) is 4.90 Å². The van der Waals surface area contributed by atoms with Crippen molar-refractivity contribution in [3.05, 3.63) is 182 Å². The Morgan fingerprint density at radius 3 is 1.87 bits per heavy atom. The summed E-state index contributed by atoms with van der Waals surface area (Å²) >= 11 is 1.93. The molecule has 0 fully saturated rings. The summed E-state index contributed by atoms with van der Waals surface area (Å²) in [5, 5.41) is 2.54. The van der Waals surface area contributed by atoms with E-state index < -0.39 is 0 Å². The number of aromatic nitrogens is 1. The molecule has 0 bridgehead atoms. The molecule has 0 radical (unpaired) electrons. The maximum absolute atomic E-state index is 6.87. The van der Waals surface area contributed by atoms with Crippen LogP contribution < -0.4 is 15.7 Å². The van der Waals surface area contributed by atoms with Gasteiger partial charge in [0.1, 0.15) is 11.5 Å². The highest BCUT2D eigenvalue weighted by Gasteiger charge is 2.39. The summed E-state index contributed by atoms with van der Waals surface area (Å²) in [6, 6.07) is 65.9. The van der Waals surface area contributed by atoms with Gasteiger partial charge in [-0.2, -0.15) is 11.6 Å². The second kappa shape index (κ2) is 11.7. The van der Waals surface area contributed by atoms with Crippen LogP contribution in [-0.2, 0) is 0 Å². The molecule has 0 saturated heterocycles. The normalized spacial score (nSPS) is 12.7. The Labute approximate surface area is 307 Å². The van der Waals surface area contributed by atoms with E-state index in [1.54, 1.807) is 0 Å². The predicted octanol–water partition coefficient (Wildman–Crippen LogP) is 11.8. The van der Waals surface area contributed by atoms with Gasteiger partial charge in [-0.25, -0.2) is 0 Å². The molecule has 0 unspecified atom stereocenters. The van der Waals surface area contributed by atoms with Crippen molar-refractivity contribution in [3.63, 3.8) is 0 Å².